The average Bonchev–Trinajstić information content (AvgIpc) is 3.44. The first-order valence-electron chi connectivity index (χ1n) is 15.9. The SMILES string of the molecule is CCC1(C)C(/C=C/C=C2/N(CCC(=O)O)c3ccc4ccccc4c3C2(C)CC)=[N+](CCC(=O)O)c2ccc3ccccc3c21. The Kier molecular flexibility index (Phi) is 7.86. The highest BCUT2D eigenvalue weighted by Crippen LogP contribution is 2.53. The number of carboxylic acids is 2. The minimum absolute atomic E-state index is 0.0315. The number of carbonyl (C=O) groups is 2. The minimum atomic E-state index is -0.823. The summed E-state index contributed by atoms with van der Waals surface area (Å²) in [6.45, 7) is 9.66. The largest absolute Gasteiger partial charge is 0.481 e. The molecule has 2 aliphatic rings. The number of nitrogens with zero attached hydrogens (tertiary/aromatic N) is 2. The number of fused-ring (bicyclic) bond motifs is 6. The average molecular weight is 602 g/mol. The predicted molar refractivity (Wildman–Crippen MR) is 182 cm³/mol. The number of hydrogen-bond donors (Lipinski definition) is 2. The molecular weight excluding hydrogens is 560 g/mol. The molecule has 0 fully saturated rings. The quantitative estimate of drug-likeness (QED) is 0.179. The highest BCUT2D eigenvalue weighted by molar-refractivity contribution is 6.08. The summed E-state index contributed by atoms with van der Waals surface area (Å²) in [5.41, 5.74) is 6.10. The molecule has 45 heavy (non-hydrogen) atoms. The van der Waals surface area contributed by atoms with Crippen molar-refractivity contribution in [3.63, 3.8) is 0 Å². The van der Waals surface area contributed by atoms with E-state index >= 15 is 0 Å². The van der Waals surface area contributed by atoms with E-state index in [1.807, 2.05) is 0 Å². The fourth-order valence-electron chi connectivity index (χ4n) is 7.63. The number of carboxylic acid groups (broad SMARTS) is 2. The van der Waals surface area contributed by atoms with Crippen LogP contribution in [0.25, 0.3) is 21.5 Å². The summed E-state index contributed by atoms with van der Waals surface area (Å²) in [4.78, 5) is 25.7. The van der Waals surface area contributed by atoms with Crippen LogP contribution in [0.1, 0.15) is 64.5 Å². The maximum atomic E-state index is 11.7. The molecule has 4 aromatic rings. The predicted octanol–water partition coefficient (Wildman–Crippen LogP) is 8.34. The van der Waals surface area contributed by atoms with Crippen LogP contribution in [0.2, 0.25) is 0 Å². The molecule has 0 spiro atoms. The van der Waals surface area contributed by atoms with Crippen LogP contribution in [-0.4, -0.2) is 45.5 Å². The minimum Gasteiger partial charge on any atom is -0.481 e. The third-order valence-electron chi connectivity index (χ3n) is 10.2. The first kappa shape index (κ1) is 30.3. The molecule has 0 radical (unpaired) electrons. The molecule has 4 aromatic carbocycles. The molecule has 6 nitrogen and oxygen atoms in total. The number of aliphatic carboxylic acids is 2. The smallest absolute Gasteiger partial charge is 0.309 e. The Bertz CT molecular complexity index is 1940. The van der Waals surface area contributed by atoms with Gasteiger partial charge in [-0.3, -0.25) is 9.59 Å². The fourth-order valence-corrected chi connectivity index (χ4v) is 7.63. The number of rotatable bonds is 10. The van der Waals surface area contributed by atoms with Gasteiger partial charge in [0.15, 0.2) is 12.3 Å². The monoisotopic (exact) mass is 601 g/mol. The molecule has 0 bridgehead atoms. The lowest BCUT2D eigenvalue weighted by molar-refractivity contribution is -0.436. The lowest BCUT2D eigenvalue weighted by Gasteiger charge is -2.29. The summed E-state index contributed by atoms with van der Waals surface area (Å²) in [7, 11) is 0. The fraction of sp³-hybridized carbons (Fsp3) is 0.308. The summed E-state index contributed by atoms with van der Waals surface area (Å²) >= 11 is 0. The number of benzene rings is 4. The third-order valence-corrected chi connectivity index (χ3v) is 10.2. The molecule has 2 atom stereocenters. The van der Waals surface area contributed by atoms with Crippen molar-refractivity contribution >= 4 is 50.6 Å². The Morgan fingerprint density at radius 2 is 1.38 bits per heavy atom. The van der Waals surface area contributed by atoms with E-state index in [0.717, 1.165) is 35.6 Å². The molecule has 2 aliphatic heterocycles. The van der Waals surface area contributed by atoms with Crippen molar-refractivity contribution in [2.45, 2.75) is 64.2 Å². The van der Waals surface area contributed by atoms with Gasteiger partial charge in [-0.15, -0.1) is 0 Å². The van der Waals surface area contributed by atoms with Gasteiger partial charge in [-0.1, -0.05) is 74.5 Å². The van der Waals surface area contributed by atoms with Gasteiger partial charge in [0.25, 0.3) is 0 Å². The van der Waals surface area contributed by atoms with Gasteiger partial charge >= 0.3 is 11.9 Å². The molecular formula is C39H41N2O4+. The molecule has 0 amide bonds. The van der Waals surface area contributed by atoms with E-state index in [1.165, 1.54) is 32.7 Å². The molecule has 2 unspecified atom stereocenters. The molecule has 0 saturated carbocycles. The van der Waals surface area contributed by atoms with Crippen LogP contribution in [0, 0.1) is 0 Å². The Hall–Kier alpha value is -4.71. The van der Waals surface area contributed by atoms with Gasteiger partial charge in [-0.25, -0.2) is 0 Å². The van der Waals surface area contributed by atoms with Crippen LogP contribution in [0.3, 0.4) is 0 Å². The van der Waals surface area contributed by atoms with E-state index in [0.29, 0.717) is 13.1 Å². The molecule has 2 heterocycles. The zero-order chi connectivity index (χ0) is 31.9. The Labute approximate surface area is 264 Å². The van der Waals surface area contributed by atoms with Gasteiger partial charge in [0.05, 0.1) is 11.8 Å². The van der Waals surface area contributed by atoms with Gasteiger partial charge in [0, 0.05) is 41.1 Å². The van der Waals surface area contributed by atoms with E-state index in [-0.39, 0.29) is 23.7 Å². The van der Waals surface area contributed by atoms with E-state index in [4.69, 9.17) is 0 Å². The van der Waals surface area contributed by atoms with Crippen LogP contribution in [0.4, 0.5) is 11.4 Å². The van der Waals surface area contributed by atoms with Crippen LogP contribution in [0.15, 0.2) is 96.7 Å². The zero-order valence-electron chi connectivity index (χ0n) is 26.5. The second-order valence-electron chi connectivity index (χ2n) is 12.6. The van der Waals surface area contributed by atoms with E-state index in [2.05, 4.69) is 128 Å². The van der Waals surface area contributed by atoms with Gasteiger partial charge in [-0.2, -0.15) is 4.58 Å². The van der Waals surface area contributed by atoms with Crippen molar-refractivity contribution in [1.82, 2.24) is 0 Å². The number of anilines is 1. The summed E-state index contributed by atoms with van der Waals surface area (Å²) in [6.07, 6.45) is 8.16. The summed E-state index contributed by atoms with van der Waals surface area (Å²) in [6, 6.07) is 25.3. The first-order valence-corrected chi connectivity index (χ1v) is 15.9. The second-order valence-corrected chi connectivity index (χ2v) is 12.6. The van der Waals surface area contributed by atoms with Crippen LogP contribution >= 0.6 is 0 Å². The highest BCUT2D eigenvalue weighted by Gasteiger charge is 2.48. The summed E-state index contributed by atoms with van der Waals surface area (Å²) < 4.78 is 2.19. The molecule has 2 N–H and O–H groups in total. The van der Waals surface area contributed by atoms with Crippen LogP contribution in [-0.2, 0) is 20.4 Å². The van der Waals surface area contributed by atoms with Gasteiger partial charge in [0.1, 0.15) is 6.42 Å². The molecule has 0 aromatic heterocycles. The Morgan fingerprint density at radius 1 is 0.778 bits per heavy atom. The standard InChI is InChI=1S/C39H40N2O4/c1-5-38(3)32(40(24-22-34(42)43)30-20-18-26-12-7-9-14-28(26)36(30)38)16-11-17-33-39(4,6-2)37-29-15-10-8-13-27(29)19-21-31(37)41(33)25-23-35(44)45/h7-21H,5-6,22-25H2,1-4H3,(H-,42,43,44,45)/p+1. The maximum Gasteiger partial charge on any atom is 0.309 e. The number of allylic oxidation sites excluding steroid dienone is 4. The van der Waals surface area contributed by atoms with Gasteiger partial charge in [-0.05, 0) is 72.0 Å². The van der Waals surface area contributed by atoms with Crippen molar-refractivity contribution in [2.24, 2.45) is 0 Å². The zero-order valence-corrected chi connectivity index (χ0v) is 26.5. The second kappa shape index (κ2) is 11.7. The first-order chi connectivity index (χ1) is 21.6. The van der Waals surface area contributed by atoms with Crippen molar-refractivity contribution in [3.8, 4) is 0 Å². The maximum absolute atomic E-state index is 11.7. The van der Waals surface area contributed by atoms with Crippen molar-refractivity contribution < 1.29 is 24.4 Å². The normalized spacial score (nSPS) is 21.8. The molecule has 6 rings (SSSR count). The lowest BCUT2D eigenvalue weighted by Crippen LogP contribution is -2.31. The molecule has 0 saturated heterocycles. The highest BCUT2D eigenvalue weighted by atomic mass is 16.4. The topological polar surface area (TPSA) is 80.9 Å². The van der Waals surface area contributed by atoms with E-state index in [9.17, 15) is 19.8 Å². The number of hydrogen-bond acceptors (Lipinski definition) is 3. The molecule has 230 valence electrons. The third kappa shape index (κ3) is 4.93. The summed E-state index contributed by atoms with van der Waals surface area (Å²) in [5.74, 6) is -1.65. The van der Waals surface area contributed by atoms with E-state index in [1.54, 1.807) is 0 Å². The van der Waals surface area contributed by atoms with Gasteiger partial charge < -0.3 is 15.1 Å². The van der Waals surface area contributed by atoms with Crippen molar-refractivity contribution in [3.05, 3.63) is 108 Å². The Morgan fingerprint density at radius 3 is 2.00 bits per heavy atom. The molecule has 6 heteroatoms. The van der Waals surface area contributed by atoms with Gasteiger partial charge in [0.2, 0.25) is 5.69 Å². The Balaban J connectivity index is 1.51. The molecule has 0 aliphatic carbocycles. The van der Waals surface area contributed by atoms with Crippen molar-refractivity contribution in [1.29, 1.82) is 0 Å². The van der Waals surface area contributed by atoms with E-state index < -0.39 is 11.9 Å². The van der Waals surface area contributed by atoms with Crippen molar-refractivity contribution in [2.75, 3.05) is 18.0 Å². The van der Waals surface area contributed by atoms with Crippen LogP contribution in [0.5, 0.6) is 0 Å². The summed E-state index contributed by atoms with van der Waals surface area (Å²) in [5, 5.41) is 24.0. The lowest BCUT2D eigenvalue weighted by atomic mass is 9.75. The van der Waals surface area contributed by atoms with Crippen LogP contribution < -0.4 is 4.90 Å².